The number of benzene rings is 2. The summed E-state index contributed by atoms with van der Waals surface area (Å²) in [5, 5.41) is 5.41. The summed E-state index contributed by atoms with van der Waals surface area (Å²) in [6, 6.07) is 15.3. The van der Waals surface area contributed by atoms with E-state index in [2.05, 4.69) is 15.6 Å². The summed E-state index contributed by atoms with van der Waals surface area (Å²) in [6.07, 6.45) is 3.06. The summed E-state index contributed by atoms with van der Waals surface area (Å²) in [5.41, 5.74) is 1.70. The van der Waals surface area contributed by atoms with E-state index in [1.165, 1.54) is 30.6 Å². The van der Waals surface area contributed by atoms with Crippen LogP contribution in [0.2, 0.25) is 0 Å². The highest BCUT2D eigenvalue weighted by Crippen LogP contribution is 2.17. The van der Waals surface area contributed by atoms with Crippen molar-refractivity contribution in [1.29, 1.82) is 0 Å². The Hall–Kier alpha value is -3.54. The fraction of sp³-hybridized carbons (Fsp3) is 0. The lowest BCUT2D eigenvalue weighted by Crippen LogP contribution is -2.14. The summed E-state index contributed by atoms with van der Waals surface area (Å²) < 4.78 is 13.2. The molecule has 5 nitrogen and oxygen atoms in total. The lowest BCUT2D eigenvalue weighted by Gasteiger charge is -2.09. The normalized spacial score (nSPS) is 10.1. The number of rotatable bonds is 4. The summed E-state index contributed by atoms with van der Waals surface area (Å²) in [7, 11) is 0. The average molecular weight is 335 g/mol. The number of hydrogen-bond acceptors (Lipinski definition) is 3. The standard InChI is InChI=1S/C19H14FN3O2/c20-15-4-1-3-14(11-15)19(25)23-17-6-2-5-16(12-17)22-18(24)13-7-9-21-10-8-13/h1-12H,(H,22,24)(H,23,25). The van der Waals surface area contributed by atoms with Gasteiger partial charge < -0.3 is 10.6 Å². The van der Waals surface area contributed by atoms with Gasteiger partial charge in [-0.05, 0) is 48.5 Å². The molecule has 6 heteroatoms. The van der Waals surface area contributed by atoms with Crippen LogP contribution in [0.5, 0.6) is 0 Å². The van der Waals surface area contributed by atoms with E-state index in [0.29, 0.717) is 16.9 Å². The highest BCUT2D eigenvalue weighted by Gasteiger charge is 2.09. The molecular formula is C19H14FN3O2. The Labute approximate surface area is 143 Å². The molecule has 0 bridgehead atoms. The molecule has 25 heavy (non-hydrogen) atoms. The molecule has 124 valence electrons. The van der Waals surface area contributed by atoms with E-state index in [-0.39, 0.29) is 11.5 Å². The number of pyridine rings is 1. The average Bonchev–Trinajstić information content (AvgIpc) is 2.63. The highest BCUT2D eigenvalue weighted by molar-refractivity contribution is 6.06. The van der Waals surface area contributed by atoms with Crippen molar-refractivity contribution in [2.75, 3.05) is 10.6 Å². The minimum atomic E-state index is -0.481. The zero-order valence-electron chi connectivity index (χ0n) is 13.1. The number of carbonyl (C=O) groups is 2. The van der Waals surface area contributed by atoms with Crippen LogP contribution >= 0.6 is 0 Å². The molecule has 0 radical (unpaired) electrons. The molecule has 0 spiro atoms. The maximum Gasteiger partial charge on any atom is 0.255 e. The first-order valence-corrected chi connectivity index (χ1v) is 7.50. The van der Waals surface area contributed by atoms with Crippen molar-refractivity contribution in [3.63, 3.8) is 0 Å². The molecule has 0 aliphatic rings. The van der Waals surface area contributed by atoms with Gasteiger partial charge in [-0.2, -0.15) is 0 Å². The van der Waals surface area contributed by atoms with Gasteiger partial charge in [-0.1, -0.05) is 12.1 Å². The molecule has 3 aromatic rings. The van der Waals surface area contributed by atoms with Crippen molar-refractivity contribution >= 4 is 23.2 Å². The van der Waals surface area contributed by atoms with Crippen LogP contribution in [0.3, 0.4) is 0 Å². The number of amides is 2. The van der Waals surface area contributed by atoms with Crippen molar-refractivity contribution in [2.24, 2.45) is 0 Å². The minimum Gasteiger partial charge on any atom is -0.322 e. The van der Waals surface area contributed by atoms with E-state index in [1.807, 2.05) is 0 Å². The topological polar surface area (TPSA) is 71.1 Å². The van der Waals surface area contributed by atoms with Gasteiger partial charge in [0.05, 0.1) is 0 Å². The number of anilines is 2. The zero-order valence-corrected chi connectivity index (χ0v) is 13.1. The molecule has 1 heterocycles. The van der Waals surface area contributed by atoms with Gasteiger partial charge in [0.2, 0.25) is 0 Å². The van der Waals surface area contributed by atoms with E-state index in [1.54, 1.807) is 36.4 Å². The summed E-state index contributed by atoms with van der Waals surface area (Å²) in [6.45, 7) is 0. The highest BCUT2D eigenvalue weighted by atomic mass is 19.1. The van der Waals surface area contributed by atoms with E-state index in [4.69, 9.17) is 0 Å². The number of aromatic nitrogens is 1. The van der Waals surface area contributed by atoms with Gasteiger partial charge in [0.25, 0.3) is 11.8 Å². The SMILES string of the molecule is O=C(Nc1cccc(NC(=O)c2cccc(F)c2)c1)c1ccncc1. The molecule has 0 fully saturated rings. The summed E-state index contributed by atoms with van der Waals surface area (Å²) in [5.74, 6) is -1.20. The fourth-order valence-electron chi connectivity index (χ4n) is 2.21. The van der Waals surface area contributed by atoms with E-state index >= 15 is 0 Å². The predicted molar refractivity (Wildman–Crippen MR) is 93.0 cm³/mol. The van der Waals surface area contributed by atoms with Crippen LogP contribution in [0.25, 0.3) is 0 Å². The first kappa shape index (κ1) is 16.3. The molecule has 2 aromatic carbocycles. The van der Waals surface area contributed by atoms with Gasteiger partial charge in [0, 0.05) is 34.9 Å². The van der Waals surface area contributed by atoms with Gasteiger partial charge >= 0.3 is 0 Å². The Bertz CT molecular complexity index is 913. The van der Waals surface area contributed by atoms with Crippen LogP contribution in [-0.4, -0.2) is 16.8 Å². The van der Waals surface area contributed by atoms with Crippen LogP contribution in [-0.2, 0) is 0 Å². The second-order valence-electron chi connectivity index (χ2n) is 5.24. The lowest BCUT2D eigenvalue weighted by atomic mass is 10.2. The minimum absolute atomic E-state index is 0.214. The molecule has 1 aromatic heterocycles. The Morgan fingerprint density at radius 3 is 2.00 bits per heavy atom. The van der Waals surface area contributed by atoms with Crippen molar-refractivity contribution in [3.05, 3.63) is 90.0 Å². The van der Waals surface area contributed by atoms with Gasteiger partial charge in [-0.15, -0.1) is 0 Å². The third-order valence-electron chi connectivity index (χ3n) is 3.41. The van der Waals surface area contributed by atoms with Gasteiger partial charge in [-0.3, -0.25) is 14.6 Å². The Morgan fingerprint density at radius 1 is 0.760 bits per heavy atom. The smallest absolute Gasteiger partial charge is 0.255 e. The van der Waals surface area contributed by atoms with Crippen molar-refractivity contribution in [3.8, 4) is 0 Å². The number of nitrogens with one attached hydrogen (secondary N) is 2. The van der Waals surface area contributed by atoms with Gasteiger partial charge in [-0.25, -0.2) is 4.39 Å². The monoisotopic (exact) mass is 335 g/mol. The first-order chi connectivity index (χ1) is 12.1. The zero-order chi connectivity index (χ0) is 17.6. The number of nitrogens with zero attached hydrogens (tertiary/aromatic N) is 1. The van der Waals surface area contributed by atoms with Crippen molar-refractivity contribution < 1.29 is 14.0 Å². The Kier molecular flexibility index (Phi) is 4.80. The molecule has 0 saturated heterocycles. The first-order valence-electron chi connectivity index (χ1n) is 7.50. The maximum absolute atomic E-state index is 13.2. The molecule has 0 saturated carbocycles. The third-order valence-corrected chi connectivity index (χ3v) is 3.41. The molecule has 0 atom stereocenters. The lowest BCUT2D eigenvalue weighted by molar-refractivity contribution is 0.101. The Morgan fingerprint density at radius 2 is 1.36 bits per heavy atom. The van der Waals surface area contributed by atoms with Crippen molar-refractivity contribution in [2.45, 2.75) is 0 Å². The fourth-order valence-corrected chi connectivity index (χ4v) is 2.21. The largest absolute Gasteiger partial charge is 0.322 e. The quantitative estimate of drug-likeness (QED) is 0.763. The Balaban J connectivity index is 1.71. The van der Waals surface area contributed by atoms with E-state index < -0.39 is 11.7 Å². The van der Waals surface area contributed by atoms with Crippen LogP contribution in [0.4, 0.5) is 15.8 Å². The molecule has 2 amide bonds. The van der Waals surface area contributed by atoms with Gasteiger partial charge in [0.15, 0.2) is 0 Å². The van der Waals surface area contributed by atoms with E-state index in [0.717, 1.165) is 6.07 Å². The molecular weight excluding hydrogens is 321 g/mol. The molecule has 0 aliphatic carbocycles. The third kappa shape index (κ3) is 4.26. The van der Waals surface area contributed by atoms with Crippen LogP contribution < -0.4 is 10.6 Å². The molecule has 0 unspecified atom stereocenters. The van der Waals surface area contributed by atoms with Crippen molar-refractivity contribution in [1.82, 2.24) is 4.98 Å². The molecule has 2 N–H and O–H groups in total. The van der Waals surface area contributed by atoms with Crippen LogP contribution in [0, 0.1) is 5.82 Å². The second kappa shape index (κ2) is 7.35. The van der Waals surface area contributed by atoms with E-state index in [9.17, 15) is 14.0 Å². The second-order valence-corrected chi connectivity index (χ2v) is 5.24. The van der Waals surface area contributed by atoms with Gasteiger partial charge in [0.1, 0.15) is 5.82 Å². The molecule has 3 rings (SSSR count). The number of halogens is 1. The summed E-state index contributed by atoms with van der Waals surface area (Å²) >= 11 is 0. The summed E-state index contributed by atoms with van der Waals surface area (Å²) in [4.78, 5) is 28.2. The number of hydrogen-bond donors (Lipinski definition) is 2. The van der Waals surface area contributed by atoms with Crippen LogP contribution in [0.15, 0.2) is 73.1 Å². The number of carbonyl (C=O) groups excluding carboxylic acids is 2. The molecule has 0 aliphatic heterocycles. The maximum atomic E-state index is 13.2. The predicted octanol–water partition coefficient (Wildman–Crippen LogP) is 3.73. The van der Waals surface area contributed by atoms with Crippen LogP contribution in [0.1, 0.15) is 20.7 Å².